The number of anilines is 1. The molecule has 0 bridgehead atoms. The minimum atomic E-state index is -0.424. The number of carbonyl (C=O) groups excluding carboxylic acids is 2. The Labute approximate surface area is 125 Å². The highest BCUT2D eigenvalue weighted by Crippen LogP contribution is 2.17. The maximum absolute atomic E-state index is 11.7. The van der Waals surface area contributed by atoms with Gasteiger partial charge in [0.05, 0.1) is 11.3 Å². The highest BCUT2D eigenvalue weighted by molar-refractivity contribution is 5.95. The predicted molar refractivity (Wildman–Crippen MR) is 82.1 cm³/mol. The van der Waals surface area contributed by atoms with E-state index in [1.54, 1.807) is 18.2 Å². The van der Waals surface area contributed by atoms with Crippen LogP contribution < -0.4 is 10.6 Å². The molecule has 0 spiro atoms. The van der Waals surface area contributed by atoms with Crippen molar-refractivity contribution < 1.29 is 9.59 Å². The molecule has 2 N–H and O–H groups in total. The molecule has 21 heavy (non-hydrogen) atoms. The Hall–Kier alpha value is -2.35. The van der Waals surface area contributed by atoms with Gasteiger partial charge in [-0.3, -0.25) is 9.59 Å². The summed E-state index contributed by atoms with van der Waals surface area (Å²) in [6.07, 6.45) is 0. The van der Waals surface area contributed by atoms with Gasteiger partial charge >= 0.3 is 0 Å². The maximum atomic E-state index is 11.7. The zero-order valence-electron chi connectivity index (χ0n) is 12.9. The summed E-state index contributed by atoms with van der Waals surface area (Å²) in [7, 11) is 0. The van der Waals surface area contributed by atoms with Gasteiger partial charge in [0, 0.05) is 24.1 Å². The van der Waals surface area contributed by atoms with Crippen LogP contribution in [0.25, 0.3) is 0 Å². The van der Waals surface area contributed by atoms with Crippen LogP contribution in [-0.2, 0) is 4.79 Å². The third kappa shape index (κ3) is 4.92. The molecule has 0 aliphatic heterocycles. The zero-order valence-corrected chi connectivity index (χ0v) is 12.9. The highest BCUT2D eigenvalue weighted by Gasteiger charge is 2.20. The van der Waals surface area contributed by atoms with E-state index < -0.39 is 5.41 Å². The molecule has 0 aliphatic carbocycles. The molecule has 0 saturated carbocycles. The van der Waals surface area contributed by atoms with Gasteiger partial charge in [-0.1, -0.05) is 20.8 Å². The summed E-state index contributed by atoms with van der Waals surface area (Å²) in [5.41, 5.74) is 1.21. The summed E-state index contributed by atoms with van der Waals surface area (Å²) >= 11 is 0. The van der Waals surface area contributed by atoms with Crippen molar-refractivity contribution in [1.82, 2.24) is 5.32 Å². The molecule has 5 heteroatoms. The van der Waals surface area contributed by atoms with Gasteiger partial charge in [-0.15, -0.1) is 0 Å². The minimum absolute atomic E-state index is 0.0257. The van der Waals surface area contributed by atoms with E-state index >= 15 is 0 Å². The molecule has 0 atom stereocenters. The molecule has 5 nitrogen and oxygen atoms in total. The SMILES string of the molecule is CC(=O)c1ccc(C#N)c(NCCNC(=O)C(C)(C)C)c1. The Morgan fingerprint density at radius 1 is 1.24 bits per heavy atom. The van der Waals surface area contributed by atoms with E-state index in [0.29, 0.717) is 29.9 Å². The van der Waals surface area contributed by atoms with Crippen LogP contribution in [0.2, 0.25) is 0 Å². The first-order valence-corrected chi connectivity index (χ1v) is 6.83. The topological polar surface area (TPSA) is 82.0 Å². The number of amides is 1. The number of nitriles is 1. The normalized spacial score (nSPS) is 10.6. The fourth-order valence-corrected chi connectivity index (χ4v) is 1.65. The lowest BCUT2D eigenvalue weighted by atomic mass is 9.96. The van der Waals surface area contributed by atoms with E-state index in [2.05, 4.69) is 16.7 Å². The van der Waals surface area contributed by atoms with Crippen LogP contribution in [0.15, 0.2) is 18.2 Å². The Morgan fingerprint density at radius 2 is 1.90 bits per heavy atom. The molecule has 112 valence electrons. The number of ketones is 1. The summed E-state index contributed by atoms with van der Waals surface area (Å²) in [4.78, 5) is 23.1. The van der Waals surface area contributed by atoms with E-state index in [4.69, 9.17) is 5.26 Å². The number of benzene rings is 1. The largest absolute Gasteiger partial charge is 0.382 e. The van der Waals surface area contributed by atoms with Crippen LogP contribution in [0.4, 0.5) is 5.69 Å². The van der Waals surface area contributed by atoms with Crippen molar-refractivity contribution in [2.45, 2.75) is 27.7 Å². The molecule has 0 fully saturated rings. The van der Waals surface area contributed by atoms with Gasteiger partial charge < -0.3 is 10.6 Å². The summed E-state index contributed by atoms with van der Waals surface area (Å²) < 4.78 is 0. The van der Waals surface area contributed by atoms with Gasteiger partial charge in [-0.05, 0) is 25.1 Å². The molecule has 0 saturated heterocycles. The summed E-state index contributed by atoms with van der Waals surface area (Å²) in [6, 6.07) is 6.98. The Morgan fingerprint density at radius 3 is 2.43 bits per heavy atom. The van der Waals surface area contributed by atoms with Crippen LogP contribution in [0.5, 0.6) is 0 Å². The lowest BCUT2D eigenvalue weighted by molar-refractivity contribution is -0.128. The Bertz CT molecular complexity index is 580. The van der Waals surface area contributed by atoms with E-state index in [-0.39, 0.29) is 11.7 Å². The molecule has 0 unspecified atom stereocenters. The van der Waals surface area contributed by atoms with Crippen molar-refractivity contribution in [2.75, 3.05) is 18.4 Å². The van der Waals surface area contributed by atoms with Crippen LogP contribution in [0.1, 0.15) is 43.6 Å². The Kier molecular flexibility index (Phi) is 5.48. The number of nitrogens with one attached hydrogen (secondary N) is 2. The second kappa shape index (κ2) is 6.89. The summed E-state index contributed by atoms with van der Waals surface area (Å²) in [5.74, 6) is -0.0779. The van der Waals surface area contributed by atoms with Gasteiger partial charge in [-0.2, -0.15) is 5.26 Å². The third-order valence-electron chi connectivity index (χ3n) is 2.95. The quantitative estimate of drug-likeness (QED) is 0.643. The van der Waals surface area contributed by atoms with Crippen molar-refractivity contribution in [3.8, 4) is 6.07 Å². The van der Waals surface area contributed by atoms with Crippen molar-refractivity contribution in [2.24, 2.45) is 5.41 Å². The van der Waals surface area contributed by atoms with E-state index in [0.717, 1.165) is 0 Å². The highest BCUT2D eigenvalue weighted by atomic mass is 16.2. The standard InChI is InChI=1S/C16H21N3O2/c1-11(20)12-5-6-13(10-17)14(9-12)18-7-8-19-15(21)16(2,3)4/h5-6,9,18H,7-8H2,1-4H3,(H,19,21). The molecular formula is C16H21N3O2. The predicted octanol–water partition coefficient (Wildman–Crippen LogP) is 2.34. The van der Waals surface area contributed by atoms with Crippen molar-refractivity contribution >= 4 is 17.4 Å². The molecule has 0 radical (unpaired) electrons. The fraction of sp³-hybridized carbons (Fsp3) is 0.438. The molecule has 1 rings (SSSR count). The molecule has 0 heterocycles. The van der Waals surface area contributed by atoms with Gasteiger partial charge in [-0.25, -0.2) is 0 Å². The Balaban J connectivity index is 2.63. The zero-order chi connectivity index (χ0) is 16.0. The average molecular weight is 287 g/mol. The van der Waals surface area contributed by atoms with Gasteiger partial charge in [0.15, 0.2) is 5.78 Å². The molecular weight excluding hydrogens is 266 g/mol. The van der Waals surface area contributed by atoms with Gasteiger partial charge in [0.1, 0.15) is 6.07 Å². The lowest BCUT2D eigenvalue weighted by Crippen LogP contribution is -2.37. The molecule has 0 aromatic heterocycles. The average Bonchev–Trinajstić information content (AvgIpc) is 2.41. The van der Waals surface area contributed by atoms with E-state index in [1.165, 1.54) is 6.92 Å². The van der Waals surface area contributed by atoms with Crippen LogP contribution in [0.3, 0.4) is 0 Å². The monoisotopic (exact) mass is 287 g/mol. The number of rotatable bonds is 5. The smallest absolute Gasteiger partial charge is 0.225 e. The first-order chi connectivity index (χ1) is 9.75. The number of hydrogen-bond acceptors (Lipinski definition) is 4. The second-order valence-corrected chi connectivity index (χ2v) is 5.86. The van der Waals surface area contributed by atoms with Crippen LogP contribution >= 0.6 is 0 Å². The van der Waals surface area contributed by atoms with Crippen LogP contribution in [0, 0.1) is 16.7 Å². The molecule has 1 amide bonds. The van der Waals surface area contributed by atoms with Gasteiger partial charge in [0.25, 0.3) is 0 Å². The third-order valence-corrected chi connectivity index (χ3v) is 2.95. The van der Waals surface area contributed by atoms with Crippen molar-refractivity contribution in [1.29, 1.82) is 5.26 Å². The fourth-order valence-electron chi connectivity index (χ4n) is 1.65. The van der Waals surface area contributed by atoms with Crippen molar-refractivity contribution in [3.63, 3.8) is 0 Å². The first-order valence-electron chi connectivity index (χ1n) is 6.83. The number of Topliss-reactive ketones (excluding diaryl/α,β-unsaturated/α-hetero) is 1. The van der Waals surface area contributed by atoms with E-state index in [1.807, 2.05) is 20.8 Å². The minimum Gasteiger partial charge on any atom is -0.382 e. The van der Waals surface area contributed by atoms with Crippen molar-refractivity contribution in [3.05, 3.63) is 29.3 Å². The molecule has 0 aliphatic rings. The van der Waals surface area contributed by atoms with Gasteiger partial charge in [0.2, 0.25) is 5.91 Å². The maximum Gasteiger partial charge on any atom is 0.225 e. The van der Waals surface area contributed by atoms with Crippen LogP contribution in [-0.4, -0.2) is 24.8 Å². The lowest BCUT2D eigenvalue weighted by Gasteiger charge is -2.18. The van der Waals surface area contributed by atoms with E-state index in [9.17, 15) is 9.59 Å². The number of nitrogens with zero attached hydrogens (tertiary/aromatic N) is 1. The second-order valence-electron chi connectivity index (χ2n) is 5.86. The first kappa shape index (κ1) is 16.7. The number of hydrogen-bond donors (Lipinski definition) is 2. The number of carbonyl (C=O) groups is 2. The summed E-state index contributed by atoms with van der Waals surface area (Å²) in [6.45, 7) is 7.96. The molecule has 1 aromatic carbocycles. The molecule has 1 aromatic rings. The summed E-state index contributed by atoms with van der Waals surface area (Å²) in [5, 5.41) is 14.9.